The van der Waals surface area contributed by atoms with Crippen LogP contribution in [0.3, 0.4) is 0 Å². The average Bonchev–Trinajstić information content (AvgIpc) is 2.47. The van der Waals surface area contributed by atoms with Gasteiger partial charge in [0.15, 0.2) is 0 Å². The van der Waals surface area contributed by atoms with Gasteiger partial charge in [0.2, 0.25) is 5.24 Å². The van der Waals surface area contributed by atoms with Gasteiger partial charge in [0.25, 0.3) is 0 Å². The number of halogens is 2. The highest BCUT2D eigenvalue weighted by Crippen LogP contribution is 2.40. The molecule has 0 amide bonds. The molecule has 0 aromatic carbocycles. The summed E-state index contributed by atoms with van der Waals surface area (Å²) in [6.45, 7) is 0.435. The van der Waals surface area contributed by atoms with Crippen LogP contribution in [0.1, 0.15) is 6.42 Å². The Morgan fingerprint density at radius 2 is 2.44 bits per heavy atom. The number of carbonyl (C=O) groups is 1. The molecule has 0 aliphatic heterocycles. The van der Waals surface area contributed by atoms with Crippen LogP contribution in [0.25, 0.3) is 0 Å². The van der Waals surface area contributed by atoms with Crippen LogP contribution >= 0.6 is 23.5 Å². The first kappa shape index (κ1) is 7.32. The van der Waals surface area contributed by atoms with Gasteiger partial charge in [-0.1, -0.05) is 0 Å². The predicted octanol–water partition coefficient (Wildman–Crippen LogP) is 1.56. The Labute approximate surface area is 63.2 Å². The monoisotopic (exact) mass is 168 g/mol. The largest absolute Gasteiger partial charge is 0.281 e. The van der Waals surface area contributed by atoms with Crippen LogP contribution in [0.2, 0.25) is 0 Å². The van der Waals surface area contributed by atoms with Crippen molar-refractivity contribution < 1.29 is 9.08 Å². The molecule has 2 atom stereocenters. The van der Waals surface area contributed by atoms with E-state index in [1.54, 1.807) is 0 Å². The van der Waals surface area contributed by atoms with Gasteiger partial charge in [0.05, 0.1) is 18.5 Å². The van der Waals surface area contributed by atoms with Crippen molar-refractivity contribution in [2.75, 3.05) is 6.61 Å². The fourth-order valence-electron chi connectivity index (χ4n) is 0.791. The second-order valence-corrected chi connectivity index (χ2v) is 2.77. The summed E-state index contributed by atoms with van der Waals surface area (Å²) >= 11 is 10.1. The van der Waals surface area contributed by atoms with E-state index in [2.05, 4.69) is 4.29 Å². The summed E-state index contributed by atoms with van der Waals surface area (Å²) in [6, 6.07) is 0. The fraction of sp³-hybridized carbons (Fsp3) is 0.800. The van der Waals surface area contributed by atoms with E-state index < -0.39 is 0 Å². The molecule has 1 fully saturated rings. The summed E-state index contributed by atoms with van der Waals surface area (Å²) in [4.78, 5) is 10.4. The highest BCUT2D eigenvalue weighted by Gasteiger charge is 2.42. The van der Waals surface area contributed by atoms with Crippen LogP contribution in [-0.2, 0) is 9.08 Å². The standard InChI is InChI=1S/C5H6Cl2O2/c6-5(8)4-1-3(4)2-9-7/h3-4H,1-2H2. The van der Waals surface area contributed by atoms with Crippen molar-refractivity contribution in [2.45, 2.75) is 6.42 Å². The van der Waals surface area contributed by atoms with Crippen molar-refractivity contribution in [1.82, 2.24) is 0 Å². The molecule has 2 nitrogen and oxygen atoms in total. The minimum atomic E-state index is -0.270. The molecule has 0 heterocycles. The van der Waals surface area contributed by atoms with Crippen LogP contribution in [0.5, 0.6) is 0 Å². The molecule has 0 aromatic heterocycles. The lowest BCUT2D eigenvalue weighted by Gasteiger charge is -1.88. The van der Waals surface area contributed by atoms with E-state index in [0.717, 1.165) is 6.42 Å². The Bertz CT molecular complexity index is 126. The van der Waals surface area contributed by atoms with Gasteiger partial charge in [-0.05, 0) is 23.9 Å². The Morgan fingerprint density at radius 3 is 2.78 bits per heavy atom. The Kier molecular flexibility index (Phi) is 2.33. The van der Waals surface area contributed by atoms with Gasteiger partial charge in [-0.25, -0.2) is 0 Å². The molecule has 0 aromatic rings. The smallest absolute Gasteiger partial charge is 0.225 e. The first-order valence-corrected chi connectivity index (χ1v) is 3.37. The van der Waals surface area contributed by atoms with Crippen LogP contribution in [0.15, 0.2) is 0 Å². The minimum Gasteiger partial charge on any atom is -0.281 e. The fourth-order valence-corrected chi connectivity index (χ4v) is 1.22. The van der Waals surface area contributed by atoms with Gasteiger partial charge < -0.3 is 0 Å². The molecule has 52 valence electrons. The molecular formula is C5H6Cl2O2. The molecule has 4 heteroatoms. The van der Waals surface area contributed by atoms with E-state index >= 15 is 0 Å². The average molecular weight is 169 g/mol. The highest BCUT2D eigenvalue weighted by atomic mass is 35.5. The first-order valence-electron chi connectivity index (χ1n) is 2.68. The summed E-state index contributed by atoms with van der Waals surface area (Å²) in [5.74, 6) is 0.276. The maximum Gasteiger partial charge on any atom is 0.225 e. The lowest BCUT2D eigenvalue weighted by molar-refractivity contribution is -0.113. The lowest BCUT2D eigenvalue weighted by atomic mass is 10.3. The van der Waals surface area contributed by atoms with Gasteiger partial charge in [-0.15, -0.1) is 0 Å². The molecule has 0 N–H and O–H groups in total. The molecule has 0 radical (unpaired) electrons. The maximum absolute atomic E-state index is 10.4. The number of hydrogen-bond acceptors (Lipinski definition) is 2. The van der Waals surface area contributed by atoms with E-state index in [1.807, 2.05) is 0 Å². The zero-order chi connectivity index (χ0) is 6.85. The summed E-state index contributed by atoms with van der Waals surface area (Å²) in [5, 5.41) is -0.270. The second kappa shape index (κ2) is 2.86. The zero-order valence-electron chi connectivity index (χ0n) is 4.64. The van der Waals surface area contributed by atoms with E-state index in [-0.39, 0.29) is 17.1 Å². The topological polar surface area (TPSA) is 26.3 Å². The molecule has 1 rings (SSSR count). The minimum absolute atomic E-state index is 0.00502. The molecule has 1 aliphatic carbocycles. The first-order chi connectivity index (χ1) is 4.25. The number of rotatable bonds is 3. The van der Waals surface area contributed by atoms with Crippen molar-refractivity contribution in [2.24, 2.45) is 11.8 Å². The molecule has 0 spiro atoms. The van der Waals surface area contributed by atoms with E-state index in [9.17, 15) is 4.79 Å². The molecule has 0 saturated heterocycles. The lowest BCUT2D eigenvalue weighted by Crippen LogP contribution is -1.95. The summed E-state index contributed by atoms with van der Waals surface area (Å²) in [7, 11) is 0. The third kappa shape index (κ3) is 1.81. The maximum atomic E-state index is 10.4. The van der Waals surface area contributed by atoms with Gasteiger partial charge in [-0.3, -0.25) is 9.08 Å². The SMILES string of the molecule is O=C(Cl)C1CC1COCl. The second-order valence-electron chi connectivity index (χ2n) is 2.18. The van der Waals surface area contributed by atoms with Crippen molar-refractivity contribution in [3.8, 4) is 0 Å². The van der Waals surface area contributed by atoms with Gasteiger partial charge >= 0.3 is 0 Å². The van der Waals surface area contributed by atoms with Gasteiger partial charge in [-0.2, -0.15) is 0 Å². The van der Waals surface area contributed by atoms with Crippen molar-refractivity contribution in [3.63, 3.8) is 0 Å². The van der Waals surface area contributed by atoms with Crippen molar-refractivity contribution in [3.05, 3.63) is 0 Å². The Hall–Kier alpha value is 0.210. The quantitative estimate of drug-likeness (QED) is 0.599. The normalized spacial score (nSPS) is 32.2. The summed E-state index contributed by atoms with van der Waals surface area (Å²) in [5.41, 5.74) is 0. The summed E-state index contributed by atoms with van der Waals surface area (Å²) < 4.78 is 4.31. The van der Waals surface area contributed by atoms with Crippen LogP contribution in [0.4, 0.5) is 0 Å². The molecule has 0 bridgehead atoms. The van der Waals surface area contributed by atoms with Crippen molar-refractivity contribution in [1.29, 1.82) is 0 Å². The zero-order valence-corrected chi connectivity index (χ0v) is 6.15. The third-order valence-electron chi connectivity index (χ3n) is 1.49. The predicted molar refractivity (Wildman–Crippen MR) is 34.3 cm³/mol. The highest BCUT2D eigenvalue weighted by molar-refractivity contribution is 6.64. The summed E-state index contributed by atoms with van der Waals surface area (Å²) in [6.07, 6.45) is 0.828. The van der Waals surface area contributed by atoms with Crippen LogP contribution in [0, 0.1) is 11.8 Å². The molecule has 9 heavy (non-hydrogen) atoms. The third-order valence-corrected chi connectivity index (χ3v) is 1.90. The van der Waals surface area contributed by atoms with Crippen molar-refractivity contribution >= 4 is 28.7 Å². The molecule has 1 saturated carbocycles. The van der Waals surface area contributed by atoms with Gasteiger partial charge in [0.1, 0.15) is 0 Å². The van der Waals surface area contributed by atoms with E-state index in [1.165, 1.54) is 0 Å². The van der Waals surface area contributed by atoms with E-state index in [4.69, 9.17) is 23.5 Å². The number of carbonyl (C=O) groups excluding carboxylic acids is 1. The van der Waals surface area contributed by atoms with Crippen LogP contribution in [-0.4, -0.2) is 11.8 Å². The Morgan fingerprint density at radius 1 is 1.78 bits per heavy atom. The molecular weight excluding hydrogens is 163 g/mol. The van der Waals surface area contributed by atoms with Gasteiger partial charge in [0, 0.05) is 5.92 Å². The Balaban J connectivity index is 2.17. The molecule has 2 unspecified atom stereocenters. The molecule has 1 aliphatic rings. The van der Waals surface area contributed by atoms with Crippen LogP contribution < -0.4 is 0 Å². The number of hydrogen-bond donors (Lipinski definition) is 0. The van der Waals surface area contributed by atoms with E-state index in [0.29, 0.717) is 6.61 Å².